The number of hydrogen-bond acceptors (Lipinski definition) is 7. The van der Waals surface area contributed by atoms with Crippen LogP contribution in [0.2, 0.25) is 0 Å². The van der Waals surface area contributed by atoms with Crippen LogP contribution in [-0.4, -0.2) is 87.8 Å². The van der Waals surface area contributed by atoms with Crippen molar-refractivity contribution in [1.82, 2.24) is 15.1 Å². The van der Waals surface area contributed by atoms with E-state index >= 15 is 0 Å². The number of carbonyl (C=O) groups is 2. The van der Waals surface area contributed by atoms with Gasteiger partial charge in [0.2, 0.25) is 0 Å². The Hall–Kier alpha value is -2.29. The van der Waals surface area contributed by atoms with E-state index in [4.69, 9.17) is 21.7 Å². The van der Waals surface area contributed by atoms with Gasteiger partial charge in [0.1, 0.15) is 0 Å². The molecule has 0 saturated carbocycles. The Bertz CT molecular complexity index is 916. The van der Waals surface area contributed by atoms with E-state index in [1.807, 2.05) is 11.9 Å². The number of hydrogen-bond donors (Lipinski definition) is 1. The molecule has 332 valence electrons. The summed E-state index contributed by atoms with van der Waals surface area (Å²) >= 11 is 5.15. The van der Waals surface area contributed by atoms with Crippen LogP contribution in [0.5, 0.6) is 0 Å². The number of carbonyl (C=O) groups excluding carboxylic acids is 2. The third-order valence-electron chi connectivity index (χ3n) is 9.55. The first-order valence-corrected chi connectivity index (χ1v) is 23.8. The fraction of sp³-hybridized carbons (Fsp3) is 0.776. The molecule has 0 bridgehead atoms. The highest BCUT2D eigenvalue weighted by Crippen LogP contribution is 2.10. The largest absolute Gasteiger partial charge is 0.466 e. The van der Waals surface area contributed by atoms with Gasteiger partial charge in [-0.15, -0.1) is 0 Å². The summed E-state index contributed by atoms with van der Waals surface area (Å²) in [7, 11) is 6.17. The predicted octanol–water partition coefficient (Wildman–Crippen LogP) is 12.9. The molecule has 0 aromatic heterocycles. The second-order valence-electron chi connectivity index (χ2n) is 15.5. The quantitative estimate of drug-likeness (QED) is 0.0283. The zero-order valence-corrected chi connectivity index (χ0v) is 38.8. The number of esters is 2. The van der Waals surface area contributed by atoms with E-state index in [9.17, 15) is 9.59 Å². The first-order valence-electron chi connectivity index (χ1n) is 23.3. The van der Waals surface area contributed by atoms with Crippen LogP contribution in [0, 0.1) is 0 Å². The zero-order valence-electron chi connectivity index (χ0n) is 38.0. The number of rotatable bonds is 41. The summed E-state index contributed by atoms with van der Waals surface area (Å²) in [6.07, 6.45) is 47.9. The van der Waals surface area contributed by atoms with Gasteiger partial charge in [0.15, 0.2) is 0 Å². The average molecular weight is 818 g/mol. The van der Waals surface area contributed by atoms with Crippen molar-refractivity contribution in [3.8, 4) is 0 Å². The molecular formula is C49H91N3O4S. The van der Waals surface area contributed by atoms with Crippen LogP contribution in [0.15, 0.2) is 48.6 Å². The third kappa shape index (κ3) is 51.7. The van der Waals surface area contributed by atoms with Crippen LogP contribution in [0.1, 0.15) is 187 Å². The summed E-state index contributed by atoms with van der Waals surface area (Å²) in [6, 6.07) is 0. The summed E-state index contributed by atoms with van der Waals surface area (Å²) < 4.78 is 10.8. The van der Waals surface area contributed by atoms with Crippen molar-refractivity contribution >= 4 is 29.6 Å². The Morgan fingerprint density at radius 2 is 0.895 bits per heavy atom. The molecule has 0 fully saturated rings. The summed E-state index contributed by atoms with van der Waals surface area (Å²) in [6.45, 7) is 9.10. The van der Waals surface area contributed by atoms with Gasteiger partial charge in [-0.1, -0.05) is 139 Å². The van der Waals surface area contributed by atoms with Gasteiger partial charge in [0.05, 0.1) is 18.7 Å². The van der Waals surface area contributed by atoms with Crippen LogP contribution in [0.4, 0.5) is 0 Å². The minimum atomic E-state index is -0.101. The maximum Gasteiger partial charge on any atom is 0.305 e. The molecule has 1 N–H and O–H groups in total. The van der Waals surface area contributed by atoms with Crippen LogP contribution in [0.25, 0.3) is 0 Å². The summed E-state index contributed by atoms with van der Waals surface area (Å²) in [5, 5.41) is 3.10. The molecule has 57 heavy (non-hydrogen) atoms. The van der Waals surface area contributed by atoms with Crippen LogP contribution in [-0.2, 0) is 19.1 Å². The molecular weight excluding hydrogens is 727 g/mol. The van der Waals surface area contributed by atoms with Crippen molar-refractivity contribution in [2.24, 2.45) is 0 Å². The first-order chi connectivity index (χ1) is 27.9. The van der Waals surface area contributed by atoms with Crippen LogP contribution in [0.3, 0.4) is 0 Å². The summed E-state index contributed by atoms with van der Waals surface area (Å²) in [5.74, 6) is -0.203. The Morgan fingerprint density at radius 3 is 1.26 bits per heavy atom. The zero-order chi connectivity index (χ0) is 42.1. The Balaban J connectivity index is 0. The van der Waals surface area contributed by atoms with Gasteiger partial charge in [-0.25, -0.2) is 0 Å². The molecule has 0 amide bonds. The number of allylic oxidation sites excluding steroid dienone is 8. The first kappa shape index (κ1) is 56.8. The predicted molar refractivity (Wildman–Crippen MR) is 252 cm³/mol. The Kier molecular flexibility index (Phi) is 49.7. The maximum atomic E-state index is 12.1. The number of unbranched alkanes of at least 4 members (excludes halogenated alkanes) is 16. The van der Waals surface area contributed by atoms with Crippen molar-refractivity contribution in [1.29, 1.82) is 0 Å². The van der Waals surface area contributed by atoms with E-state index < -0.39 is 0 Å². The van der Waals surface area contributed by atoms with Crippen molar-refractivity contribution in [3.63, 3.8) is 0 Å². The molecule has 0 atom stereocenters. The SMILES string of the molecule is CCCCC/C=C\C/C=C\CCCCCCCC(=O)OCCCN(C=S)CCCOC(=O)CCCCCCC/C=C\C/C=C\CCCCC.CNCCCN(C)C. The fourth-order valence-electron chi connectivity index (χ4n) is 6.00. The number of nitrogens with zero attached hydrogens (tertiary/aromatic N) is 2. The molecule has 0 aliphatic heterocycles. The highest BCUT2D eigenvalue weighted by atomic mass is 32.1. The second-order valence-corrected chi connectivity index (χ2v) is 15.7. The number of ether oxygens (including phenoxy) is 2. The van der Waals surface area contributed by atoms with E-state index in [1.54, 1.807) is 5.49 Å². The molecule has 0 aromatic rings. The minimum absolute atomic E-state index is 0.101. The third-order valence-corrected chi connectivity index (χ3v) is 9.85. The number of nitrogens with one attached hydrogen (secondary N) is 1. The topological polar surface area (TPSA) is 71.1 Å². The van der Waals surface area contributed by atoms with Gasteiger partial charge in [-0.3, -0.25) is 9.59 Å². The van der Waals surface area contributed by atoms with Crippen LogP contribution >= 0.6 is 12.2 Å². The lowest BCUT2D eigenvalue weighted by molar-refractivity contribution is -0.144. The Morgan fingerprint density at radius 1 is 0.509 bits per heavy atom. The van der Waals surface area contributed by atoms with Crippen molar-refractivity contribution in [3.05, 3.63) is 48.6 Å². The minimum Gasteiger partial charge on any atom is -0.466 e. The highest BCUT2D eigenvalue weighted by Gasteiger charge is 2.06. The molecule has 0 spiro atoms. The van der Waals surface area contributed by atoms with Gasteiger partial charge in [-0.2, -0.15) is 0 Å². The lowest BCUT2D eigenvalue weighted by Gasteiger charge is -2.18. The standard InChI is InChI=1S/C43H75NO4S.C6H16N2/c1-3-5-7-9-11-13-15-17-19-21-23-25-27-29-31-35-42(45)47-39-33-37-44(41-49)38-34-40-48-43(46)36-32-30-28-26-24-22-20-18-16-14-12-10-8-6-4-2;1-7-5-4-6-8(2)3/h11-14,17-20,41H,3-10,15-16,21-40H2,1-2H3;7H,4-6H2,1-3H3/b13-11-,14-12-,19-17-,20-18-;. The van der Waals surface area contributed by atoms with E-state index in [0.29, 0.717) is 26.1 Å². The van der Waals surface area contributed by atoms with Crippen LogP contribution < -0.4 is 5.32 Å². The molecule has 0 unspecified atom stereocenters. The summed E-state index contributed by atoms with van der Waals surface area (Å²) in [4.78, 5) is 28.3. The molecule has 0 saturated heterocycles. The molecule has 0 heterocycles. The molecule has 0 aliphatic carbocycles. The lowest BCUT2D eigenvalue weighted by Crippen LogP contribution is -2.26. The number of thiocarbonyl (C=S) groups is 1. The van der Waals surface area contributed by atoms with E-state index in [1.165, 1.54) is 103 Å². The van der Waals surface area contributed by atoms with Crippen molar-refractivity contribution < 1.29 is 19.1 Å². The average Bonchev–Trinajstić information content (AvgIpc) is 3.20. The van der Waals surface area contributed by atoms with Crippen molar-refractivity contribution in [2.45, 2.75) is 187 Å². The Labute approximate surface area is 358 Å². The monoisotopic (exact) mass is 818 g/mol. The van der Waals surface area contributed by atoms with Gasteiger partial charge in [0, 0.05) is 25.9 Å². The molecule has 0 rings (SSSR count). The van der Waals surface area contributed by atoms with Crippen molar-refractivity contribution in [2.75, 3.05) is 60.5 Å². The maximum absolute atomic E-state index is 12.1. The van der Waals surface area contributed by atoms with Gasteiger partial charge in [-0.05, 0) is 131 Å². The molecule has 8 heteroatoms. The van der Waals surface area contributed by atoms with Gasteiger partial charge in [0.25, 0.3) is 0 Å². The summed E-state index contributed by atoms with van der Waals surface area (Å²) in [5.41, 5.74) is 1.65. The molecule has 7 nitrogen and oxygen atoms in total. The van der Waals surface area contributed by atoms with E-state index in [-0.39, 0.29) is 11.9 Å². The van der Waals surface area contributed by atoms with E-state index in [2.05, 4.69) is 86.8 Å². The normalized spacial score (nSPS) is 11.6. The molecule has 0 radical (unpaired) electrons. The molecule has 0 aromatic carbocycles. The van der Waals surface area contributed by atoms with E-state index in [0.717, 1.165) is 83.8 Å². The fourth-order valence-corrected chi connectivity index (χ4v) is 6.21. The lowest BCUT2D eigenvalue weighted by atomic mass is 10.1. The second kappa shape index (κ2) is 49.9. The molecule has 0 aliphatic rings. The van der Waals surface area contributed by atoms with Gasteiger partial charge < -0.3 is 24.6 Å². The highest BCUT2D eigenvalue weighted by molar-refractivity contribution is 7.78. The van der Waals surface area contributed by atoms with Gasteiger partial charge >= 0.3 is 11.9 Å². The smallest absolute Gasteiger partial charge is 0.305 e.